The van der Waals surface area contributed by atoms with Crippen molar-refractivity contribution in [1.29, 1.82) is 0 Å². The van der Waals surface area contributed by atoms with E-state index in [4.69, 9.17) is 0 Å². The van der Waals surface area contributed by atoms with Crippen LogP contribution in [0.3, 0.4) is 0 Å². The lowest BCUT2D eigenvalue weighted by molar-refractivity contribution is -0.125. The van der Waals surface area contributed by atoms with Gasteiger partial charge in [-0.15, -0.1) is 10.2 Å². The van der Waals surface area contributed by atoms with Gasteiger partial charge in [-0.3, -0.25) is 4.79 Å². The molecule has 1 aliphatic rings. The summed E-state index contributed by atoms with van der Waals surface area (Å²) in [6, 6.07) is 10.1. The maximum Gasteiger partial charge on any atom is 0.224 e. The zero-order chi connectivity index (χ0) is 20.1. The van der Waals surface area contributed by atoms with Crippen LogP contribution in [-0.2, 0) is 11.2 Å². The molecule has 1 amide bonds. The van der Waals surface area contributed by atoms with E-state index in [-0.39, 0.29) is 17.6 Å². The Kier molecular flexibility index (Phi) is 5.73. The van der Waals surface area contributed by atoms with Gasteiger partial charge in [-0.25, -0.2) is 14.1 Å². The molecule has 29 heavy (non-hydrogen) atoms. The van der Waals surface area contributed by atoms with Gasteiger partial charge in [0.2, 0.25) is 5.91 Å². The lowest BCUT2D eigenvalue weighted by Gasteiger charge is -2.32. The molecule has 1 aromatic carbocycles. The van der Waals surface area contributed by atoms with Crippen molar-refractivity contribution in [2.45, 2.75) is 19.3 Å². The van der Waals surface area contributed by atoms with E-state index in [1.165, 1.54) is 18.5 Å². The van der Waals surface area contributed by atoms with E-state index < -0.39 is 0 Å². The average molecular weight is 395 g/mol. The number of amides is 1. The Morgan fingerprint density at radius 1 is 1.14 bits per heavy atom. The number of hydrogen-bond donors (Lipinski definition) is 1. The molecule has 0 aliphatic carbocycles. The Balaban J connectivity index is 1.30. The fourth-order valence-electron chi connectivity index (χ4n) is 3.46. The van der Waals surface area contributed by atoms with Gasteiger partial charge in [-0.1, -0.05) is 12.1 Å². The molecule has 8 nitrogen and oxygen atoms in total. The molecule has 1 fully saturated rings. The number of carbonyl (C=O) groups excluding carboxylic acids is 1. The summed E-state index contributed by atoms with van der Waals surface area (Å²) in [7, 11) is 0. The molecule has 1 atom stereocenters. The third-order valence-corrected chi connectivity index (χ3v) is 5.03. The second-order valence-electron chi connectivity index (χ2n) is 7.04. The fraction of sp³-hybridized carbons (Fsp3) is 0.350. The smallest absolute Gasteiger partial charge is 0.224 e. The number of aromatic nitrogens is 5. The van der Waals surface area contributed by atoms with Crippen molar-refractivity contribution in [3.05, 3.63) is 60.4 Å². The van der Waals surface area contributed by atoms with E-state index in [0.29, 0.717) is 25.3 Å². The highest BCUT2D eigenvalue weighted by Gasteiger charge is 2.26. The van der Waals surface area contributed by atoms with Crippen molar-refractivity contribution in [1.82, 2.24) is 30.3 Å². The first-order valence-electron chi connectivity index (χ1n) is 9.65. The molecule has 0 spiro atoms. The first kappa shape index (κ1) is 19.0. The number of anilines is 1. The zero-order valence-electron chi connectivity index (χ0n) is 15.9. The van der Waals surface area contributed by atoms with E-state index in [2.05, 4.69) is 30.5 Å². The lowest BCUT2D eigenvalue weighted by atomic mass is 9.97. The molecule has 150 valence electrons. The molecule has 2 aromatic heterocycles. The van der Waals surface area contributed by atoms with Gasteiger partial charge < -0.3 is 10.2 Å². The van der Waals surface area contributed by atoms with Crippen LogP contribution in [0, 0.1) is 11.7 Å². The molecular formula is C20H22FN7O. The average Bonchev–Trinajstić information content (AvgIpc) is 3.30. The number of piperidine rings is 1. The molecule has 4 rings (SSSR count). The minimum Gasteiger partial charge on any atom is -0.355 e. The summed E-state index contributed by atoms with van der Waals surface area (Å²) in [6.45, 7) is 1.99. The monoisotopic (exact) mass is 395 g/mol. The molecule has 9 heteroatoms. The van der Waals surface area contributed by atoms with Gasteiger partial charge in [0, 0.05) is 19.6 Å². The van der Waals surface area contributed by atoms with Crippen LogP contribution >= 0.6 is 0 Å². The normalized spacial score (nSPS) is 16.6. The highest BCUT2D eigenvalue weighted by Crippen LogP contribution is 2.21. The summed E-state index contributed by atoms with van der Waals surface area (Å²) < 4.78 is 14.5. The van der Waals surface area contributed by atoms with E-state index in [1.807, 2.05) is 12.1 Å². The molecule has 0 radical (unpaired) electrons. The number of nitrogens with one attached hydrogen (secondary N) is 1. The molecular weight excluding hydrogens is 373 g/mol. The Morgan fingerprint density at radius 3 is 2.66 bits per heavy atom. The SMILES string of the molecule is O=C(NCCc1ccc(F)cc1)C1CCCN(c2ccc(-n3cncn3)nn2)C1. The molecule has 1 N–H and O–H groups in total. The minimum atomic E-state index is -0.252. The first-order chi connectivity index (χ1) is 14.2. The molecule has 0 bridgehead atoms. The van der Waals surface area contributed by atoms with E-state index in [0.717, 1.165) is 30.8 Å². The molecule has 0 saturated carbocycles. The van der Waals surface area contributed by atoms with Crippen LogP contribution in [0.4, 0.5) is 10.2 Å². The lowest BCUT2D eigenvalue weighted by Crippen LogP contribution is -2.43. The topological polar surface area (TPSA) is 88.8 Å². The van der Waals surface area contributed by atoms with Crippen LogP contribution in [0.25, 0.3) is 5.82 Å². The quantitative estimate of drug-likeness (QED) is 0.684. The highest BCUT2D eigenvalue weighted by atomic mass is 19.1. The maximum atomic E-state index is 13.0. The Bertz CT molecular complexity index is 928. The van der Waals surface area contributed by atoms with Gasteiger partial charge in [-0.2, -0.15) is 5.10 Å². The summed E-state index contributed by atoms with van der Waals surface area (Å²) >= 11 is 0. The van der Waals surface area contributed by atoms with E-state index in [9.17, 15) is 9.18 Å². The van der Waals surface area contributed by atoms with E-state index >= 15 is 0 Å². The van der Waals surface area contributed by atoms with Crippen LogP contribution in [0.1, 0.15) is 18.4 Å². The van der Waals surface area contributed by atoms with Crippen molar-refractivity contribution in [2.75, 3.05) is 24.5 Å². The van der Waals surface area contributed by atoms with Crippen molar-refractivity contribution in [3.8, 4) is 5.82 Å². The fourth-order valence-corrected chi connectivity index (χ4v) is 3.46. The summed E-state index contributed by atoms with van der Waals surface area (Å²) in [4.78, 5) is 18.6. The Morgan fingerprint density at radius 2 is 1.93 bits per heavy atom. The number of halogens is 1. The zero-order valence-corrected chi connectivity index (χ0v) is 15.9. The van der Waals surface area contributed by atoms with Crippen LogP contribution in [0.5, 0.6) is 0 Å². The van der Waals surface area contributed by atoms with Crippen LogP contribution < -0.4 is 10.2 Å². The van der Waals surface area contributed by atoms with Gasteiger partial charge >= 0.3 is 0 Å². The van der Waals surface area contributed by atoms with Crippen LogP contribution in [-0.4, -0.2) is 50.5 Å². The third kappa shape index (κ3) is 4.74. The number of benzene rings is 1. The van der Waals surface area contributed by atoms with E-state index in [1.54, 1.807) is 23.1 Å². The van der Waals surface area contributed by atoms with Crippen molar-refractivity contribution in [2.24, 2.45) is 5.92 Å². The second kappa shape index (κ2) is 8.76. The largest absolute Gasteiger partial charge is 0.355 e. The second-order valence-corrected chi connectivity index (χ2v) is 7.04. The van der Waals surface area contributed by atoms with Crippen molar-refractivity contribution >= 4 is 11.7 Å². The number of nitrogens with zero attached hydrogens (tertiary/aromatic N) is 6. The summed E-state index contributed by atoms with van der Waals surface area (Å²) in [5.41, 5.74) is 1.000. The van der Waals surface area contributed by atoms with Crippen molar-refractivity contribution in [3.63, 3.8) is 0 Å². The van der Waals surface area contributed by atoms with Gasteiger partial charge in [0.05, 0.1) is 5.92 Å². The summed E-state index contributed by atoms with van der Waals surface area (Å²) in [5, 5.41) is 15.5. The standard InChI is InChI=1S/C20H22FN7O/c21-17-5-3-15(4-6-17)9-10-23-20(29)16-2-1-11-27(12-16)18-7-8-19(26-25-18)28-14-22-13-24-28/h3-8,13-14,16H,1-2,9-12H2,(H,23,29). The molecule has 1 aliphatic heterocycles. The predicted octanol–water partition coefficient (Wildman–Crippen LogP) is 1.77. The summed E-state index contributed by atoms with van der Waals surface area (Å²) in [5.74, 6) is 1.05. The summed E-state index contributed by atoms with van der Waals surface area (Å²) in [6.07, 6.45) is 5.46. The molecule has 1 unspecified atom stereocenters. The van der Waals surface area contributed by atoms with Gasteiger partial charge in [0.1, 0.15) is 18.5 Å². The van der Waals surface area contributed by atoms with Crippen molar-refractivity contribution < 1.29 is 9.18 Å². The maximum absolute atomic E-state index is 13.0. The van der Waals surface area contributed by atoms with Crippen LogP contribution in [0.15, 0.2) is 49.1 Å². The number of rotatable bonds is 6. The minimum absolute atomic E-state index is 0.0454. The Labute approximate surface area is 167 Å². The van der Waals surface area contributed by atoms with Gasteiger partial charge in [0.15, 0.2) is 11.6 Å². The van der Waals surface area contributed by atoms with Crippen LogP contribution in [0.2, 0.25) is 0 Å². The third-order valence-electron chi connectivity index (χ3n) is 5.03. The van der Waals surface area contributed by atoms with Gasteiger partial charge in [0.25, 0.3) is 0 Å². The first-order valence-corrected chi connectivity index (χ1v) is 9.65. The number of carbonyl (C=O) groups is 1. The predicted molar refractivity (Wildman–Crippen MR) is 105 cm³/mol. The molecule has 1 saturated heterocycles. The molecule has 3 heterocycles. The number of hydrogen-bond acceptors (Lipinski definition) is 6. The van der Waals surface area contributed by atoms with Gasteiger partial charge in [-0.05, 0) is 49.1 Å². The molecule has 3 aromatic rings. The Hall–Kier alpha value is -3.36. The highest BCUT2D eigenvalue weighted by molar-refractivity contribution is 5.79.